The number of nitrogens with zero attached hydrogens (tertiary/aromatic N) is 1. The number of carbonyl (C=O) groups excluding carboxylic acids is 3. The predicted octanol–water partition coefficient (Wildman–Crippen LogP) is 4.66. The van der Waals surface area contributed by atoms with Gasteiger partial charge in [0, 0.05) is 16.4 Å². The zero-order valence-corrected chi connectivity index (χ0v) is 23.5. The molecule has 6 rings (SSSR count). The number of nitrogens with one attached hydrogen (secondary N) is 2. The molecule has 3 N–H and O–H groups in total. The van der Waals surface area contributed by atoms with E-state index in [-0.39, 0.29) is 17.7 Å². The van der Waals surface area contributed by atoms with E-state index < -0.39 is 47.6 Å². The first-order valence-corrected chi connectivity index (χ1v) is 14.2. The molecule has 0 aliphatic carbocycles. The van der Waals surface area contributed by atoms with Crippen molar-refractivity contribution in [1.29, 1.82) is 0 Å². The summed E-state index contributed by atoms with van der Waals surface area (Å²) in [5.41, 5.74) is -0.420. The number of benzene rings is 3. The van der Waals surface area contributed by atoms with Gasteiger partial charge < -0.3 is 25.4 Å². The van der Waals surface area contributed by atoms with Crippen LogP contribution in [0.4, 0.5) is 11.4 Å². The lowest BCUT2D eigenvalue weighted by molar-refractivity contribution is -0.148. The van der Waals surface area contributed by atoms with Crippen LogP contribution in [0.25, 0.3) is 0 Å². The van der Waals surface area contributed by atoms with Gasteiger partial charge in [-0.1, -0.05) is 67.1 Å². The fourth-order valence-corrected chi connectivity index (χ4v) is 7.35. The smallest absolute Gasteiger partial charge is 0.250 e. The van der Waals surface area contributed by atoms with Gasteiger partial charge in [-0.15, -0.1) is 0 Å². The molecule has 8 nitrogen and oxygen atoms in total. The summed E-state index contributed by atoms with van der Waals surface area (Å²) in [6.07, 6.45) is 0.414. The average molecular weight is 574 g/mol. The normalized spacial score (nSPS) is 30.6. The quantitative estimate of drug-likeness (QED) is 0.381. The molecule has 3 aromatic carbocycles. The summed E-state index contributed by atoms with van der Waals surface area (Å²) in [5, 5.41) is 17.1. The summed E-state index contributed by atoms with van der Waals surface area (Å²) in [4.78, 5) is 44.1. The Morgan fingerprint density at radius 3 is 2.20 bits per heavy atom. The molecule has 0 aromatic heterocycles. The molecule has 3 amide bonds. The van der Waals surface area contributed by atoms with Gasteiger partial charge in [0.05, 0.1) is 30.1 Å². The molecule has 9 heteroatoms. The van der Waals surface area contributed by atoms with Gasteiger partial charge in [-0.2, -0.15) is 0 Å². The lowest BCUT2D eigenvalue weighted by Crippen LogP contribution is -2.54. The topological polar surface area (TPSA) is 108 Å². The van der Waals surface area contributed by atoms with Gasteiger partial charge in [0.15, 0.2) is 0 Å². The first-order valence-electron chi connectivity index (χ1n) is 13.8. The molecule has 3 unspecified atom stereocenters. The minimum Gasteiger partial charge on any atom is -0.394 e. The molecule has 0 saturated carbocycles. The van der Waals surface area contributed by atoms with Crippen molar-refractivity contribution in [3.8, 4) is 0 Å². The van der Waals surface area contributed by atoms with E-state index in [0.29, 0.717) is 28.4 Å². The zero-order chi connectivity index (χ0) is 28.9. The Hall–Kier alpha value is -3.72. The Morgan fingerprint density at radius 1 is 0.976 bits per heavy atom. The van der Waals surface area contributed by atoms with E-state index in [1.807, 2.05) is 62.4 Å². The lowest BCUT2D eigenvalue weighted by Gasteiger charge is -2.37. The number of aliphatic hydroxyl groups is 1. The van der Waals surface area contributed by atoms with Gasteiger partial charge in [0.1, 0.15) is 11.6 Å². The minimum atomic E-state index is -1.26. The van der Waals surface area contributed by atoms with E-state index in [4.69, 9.17) is 16.3 Å². The maximum Gasteiger partial charge on any atom is 0.250 e. The maximum absolute atomic E-state index is 14.5. The third-order valence-corrected chi connectivity index (χ3v) is 9.38. The van der Waals surface area contributed by atoms with Crippen LogP contribution < -0.4 is 10.6 Å². The van der Waals surface area contributed by atoms with E-state index in [2.05, 4.69) is 10.6 Å². The van der Waals surface area contributed by atoms with Crippen molar-refractivity contribution in [3.05, 3.63) is 95.5 Å². The first kappa shape index (κ1) is 27.4. The van der Waals surface area contributed by atoms with Crippen molar-refractivity contribution in [3.63, 3.8) is 0 Å². The average Bonchev–Trinajstić information content (AvgIpc) is 3.48. The number of hydrogen-bond acceptors (Lipinski definition) is 5. The van der Waals surface area contributed by atoms with Crippen LogP contribution in [0, 0.1) is 17.8 Å². The Morgan fingerprint density at radius 2 is 1.56 bits per heavy atom. The number of amides is 3. The molecular formula is C32H32ClN3O5. The molecule has 1 spiro atoms. The SMILES string of the molecule is CC1CC23O[C@]1(C)[C@@H](C(=O)Nc1ccccc1)[C@H]2C(=O)N([C@H](CO)c1ccccc1)C3C(=O)Nc1ccc(Cl)cc1. The van der Waals surface area contributed by atoms with Crippen LogP contribution in [-0.2, 0) is 19.1 Å². The van der Waals surface area contributed by atoms with Crippen LogP contribution in [0.15, 0.2) is 84.9 Å². The van der Waals surface area contributed by atoms with Gasteiger partial charge in [-0.3, -0.25) is 14.4 Å². The summed E-state index contributed by atoms with van der Waals surface area (Å²) < 4.78 is 6.79. The molecule has 3 aromatic rings. The zero-order valence-electron chi connectivity index (χ0n) is 22.8. The third-order valence-electron chi connectivity index (χ3n) is 9.13. The van der Waals surface area contributed by atoms with Crippen LogP contribution >= 0.6 is 11.6 Å². The molecule has 212 valence electrons. The second-order valence-corrected chi connectivity index (χ2v) is 11.8. The highest BCUT2D eigenvalue weighted by Gasteiger charge is 2.80. The Kier molecular flexibility index (Phi) is 6.88. The number of hydrogen-bond donors (Lipinski definition) is 3. The Labute approximate surface area is 243 Å². The van der Waals surface area contributed by atoms with E-state index in [1.165, 1.54) is 4.90 Å². The number of aliphatic hydroxyl groups excluding tert-OH is 1. The van der Waals surface area contributed by atoms with E-state index in [9.17, 15) is 19.5 Å². The standard InChI is InChI=1S/C32H32ClN3O5/c1-19-17-32-26(25(31(19,2)41-32)28(38)34-22-11-7-4-8-12-22)30(40)36(24(18-37)20-9-5-3-6-10-20)27(32)29(39)35-23-15-13-21(33)14-16-23/h3-16,19,24-27,37H,17-18H2,1-2H3,(H,34,38)(H,35,39)/t19?,24-,25-,26+,27?,31+,32?/m1/s1. The summed E-state index contributed by atoms with van der Waals surface area (Å²) >= 11 is 6.05. The lowest BCUT2D eigenvalue weighted by atomic mass is 9.62. The number of para-hydroxylation sites is 1. The fraction of sp³-hybridized carbons (Fsp3) is 0.344. The van der Waals surface area contributed by atoms with Gasteiger partial charge in [-0.05, 0) is 61.2 Å². The number of halogens is 1. The highest BCUT2D eigenvalue weighted by molar-refractivity contribution is 6.30. The number of anilines is 2. The van der Waals surface area contributed by atoms with Crippen molar-refractivity contribution in [2.24, 2.45) is 17.8 Å². The maximum atomic E-state index is 14.5. The van der Waals surface area contributed by atoms with Crippen molar-refractivity contribution < 1.29 is 24.2 Å². The monoisotopic (exact) mass is 573 g/mol. The molecule has 7 atom stereocenters. The van der Waals surface area contributed by atoms with Crippen molar-refractivity contribution >= 4 is 40.7 Å². The molecule has 3 fully saturated rings. The molecule has 3 saturated heterocycles. The summed E-state index contributed by atoms with van der Waals surface area (Å²) in [5.74, 6) is -3.03. The minimum absolute atomic E-state index is 0.117. The van der Waals surface area contributed by atoms with Gasteiger partial charge >= 0.3 is 0 Å². The number of ether oxygens (including phenoxy) is 1. The molecule has 3 aliphatic rings. The van der Waals surface area contributed by atoms with E-state index in [1.54, 1.807) is 36.4 Å². The predicted molar refractivity (Wildman–Crippen MR) is 155 cm³/mol. The highest BCUT2D eigenvalue weighted by Crippen LogP contribution is 2.66. The second-order valence-electron chi connectivity index (χ2n) is 11.4. The Balaban J connectivity index is 1.45. The first-order chi connectivity index (χ1) is 19.7. The van der Waals surface area contributed by atoms with Crippen molar-refractivity contribution in [1.82, 2.24) is 4.90 Å². The fourth-order valence-electron chi connectivity index (χ4n) is 7.23. The largest absolute Gasteiger partial charge is 0.394 e. The molecule has 3 heterocycles. The molecule has 41 heavy (non-hydrogen) atoms. The van der Waals surface area contributed by atoms with E-state index in [0.717, 1.165) is 0 Å². The van der Waals surface area contributed by atoms with Crippen LogP contribution in [0.5, 0.6) is 0 Å². The van der Waals surface area contributed by atoms with Crippen LogP contribution in [-0.4, -0.2) is 51.6 Å². The third kappa shape index (κ3) is 4.33. The number of likely N-dealkylation sites (tertiary alicyclic amines) is 1. The molecule has 3 aliphatic heterocycles. The second kappa shape index (κ2) is 10.3. The van der Waals surface area contributed by atoms with Crippen molar-refractivity contribution in [2.75, 3.05) is 17.2 Å². The van der Waals surface area contributed by atoms with Crippen LogP contribution in [0.2, 0.25) is 5.02 Å². The molecule has 0 radical (unpaired) electrons. The van der Waals surface area contributed by atoms with Gasteiger partial charge in [0.2, 0.25) is 17.7 Å². The summed E-state index contributed by atoms with van der Waals surface area (Å²) in [6.45, 7) is 3.46. The van der Waals surface area contributed by atoms with Crippen molar-refractivity contribution in [2.45, 2.75) is 43.6 Å². The number of carbonyl (C=O) groups is 3. The van der Waals surface area contributed by atoms with E-state index >= 15 is 0 Å². The van der Waals surface area contributed by atoms with Crippen LogP contribution in [0.1, 0.15) is 31.9 Å². The number of rotatable bonds is 7. The van der Waals surface area contributed by atoms with Gasteiger partial charge in [-0.25, -0.2) is 0 Å². The molecule has 2 bridgehead atoms. The molecular weight excluding hydrogens is 542 g/mol. The van der Waals surface area contributed by atoms with Gasteiger partial charge in [0.25, 0.3) is 0 Å². The Bertz CT molecular complexity index is 1470. The number of fused-ring (bicyclic) bond motifs is 1. The highest BCUT2D eigenvalue weighted by atomic mass is 35.5. The summed E-state index contributed by atoms with van der Waals surface area (Å²) in [6, 6.07) is 23.0. The summed E-state index contributed by atoms with van der Waals surface area (Å²) in [7, 11) is 0. The van der Waals surface area contributed by atoms with Crippen LogP contribution in [0.3, 0.4) is 0 Å².